The molecule has 0 radical (unpaired) electrons. The van der Waals surface area contributed by atoms with Crippen LogP contribution in [0.25, 0.3) is 0 Å². The molecule has 0 bridgehead atoms. The molecule has 0 amide bonds. The minimum atomic E-state index is 0.618. The third-order valence-electron chi connectivity index (χ3n) is 2.27. The first-order chi connectivity index (χ1) is 5.97. The zero-order valence-corrected chi connectivity index (χ0v) is 7.03. The lowest BCUT2D eigenvalue weighted by Crippen LogP contribution is -2.15. The van der Waals surface area contributed by atoms with Crippen LogP contribution in [-0.4, -0.2) is 6.54 Å². The number of allylic oxidation sites excluding steroid dienone is 1. The summed E-state index contributed by atoms with van der Waals surface area (Å²) in [4.78, 5) is 0. The van der Waals surface area contributed by atoms with E-state index in [-0.39, 0.29) is 0 Å². The second kappa shape index (κ2) is 3.44. The van der Waals surface area contributed by atoms with Crippen molar-refractivity contribution in [2.75, 3.05) is 6.54 Å². The molecule has 2 rings (SSSR count). The summed E-state index contributed by atoms with van der Waals surface area (Å²) in [5.74, 6) is 0.618. The molecule has 0 aliphatic carbocycles. The molecule has 62 valence electrons. The maximum Gasteiger partial charge on any atom is 0.0150 e. The van der Waals surface area contributed by atoms with Crippen molar-refractivity contribution in [3.8, 4) is 0 Å². The van der Waals surface area contributed by atoms with Crippen LogP contribution in [0.4, 0.5) is 0 Å². The fourth-order valence-corrected chi connectivity index (χ4v) is 1.58. The van der Waals surface area contributed by atoms with Crippen molar-refractivity contribution in [2.45, 2.75) is 12.3 Å². The number of rotatable bonds is 1. The first-order valence-corrected chi connectivity index (χ1v) is 4.42. The summed E-state index contributed by atoms with van der Waals surface area (Å²) in [6.45, 7) is 1.09. The van der Waals surface area contributed by atoms with Crippen molar-refractivity contribution >= 4 is 0 Å². The van der Waals surface area contributed by atoms with Crippen molar-refractivity contribution in [3.05, 3.63) is 48.2 Å². The van der Waals surface area contributed by atoms with Gasteiger partial charge in [-0.15, -0.1) is 0 Å². The van der Waals surface area contributed by atoms with Crippen molar-refractivity contribution in [3.63, 3.8) is 0 Å². The Labute approximate surface area is 73.1 Å². The van der Waals surface area contributed by atoms with Crippen LogP contribution in [0.3, 0.4) is 0 Å². The molecule has 0 fully saturated rings. The quantitative estimate of drug-likeness (QED) is 0.663. The molecule has 0 saturated heterocycles. The average Bonchev–Trinajstić information content (AvgIpc) is 2.21. The molecular weight excluding hydrogens is 146 g/mol. The Hall–Kier alpha value is -1.24. The Kier molecular flexibility index (Phi) is 2.12. The van der Waals surface area contributed by atoms with Crippen LogP contribution in [0.2, 0.25) is 0 Å². The first-order valence-electron chi connectivity index (χ1n) is 4.42. The summed E-state index contributed by atoms with van der Waals surface area (Å²) >= 11 is 0. The first kappa shape index (κ1) is 7.41. The van der Waals surface area contributed by atoms with Gasteiger partial charge in [-0.2, -0.15) is 0 Å². The zero-order valence-electron chi connectivity index (χ0n) is 7.03. The molecule has 1 aromatic rings. The smallest absolute Gasteiger partial charge is 0.0150 e. The fraction of sp³-hybridized carbons (Fsp3) is 0.273. The van der Waals surface area contributed by atoms with Crippen LogP contribution in [0.5, 0.6) is 0 Å². The Morgan fingerprint density at radius 2 is 2.00 bits per heavy atom. The highest BCUT2D eigenvalue weighted by atomic mass is 14.8. The molecule has 1 atom stereocenters. The van der Waals surface area contributed by atoms with Gasteiger partial charge in [0.15, 0.2) is 0 Å². The van der Waals surface area contributed by atoms with Gasteiger partial charge in [0.2, 0.25) is 0 Å². The number of nitrogens with one attached hydrogen (secondary N) is 1. The summed E-state index contributed by atoms with van der Waals surface area (Å²) < 4.78 is 0. The van der Waals surface area contributed by atoms with Crippen LogP contribution in [0, 0.1) is 0 Å². The van der Waals surface area contributed by atoms with Gasteiger partial charge in [-0.05, 0) is 18.2 Å². The maximum atomic E-state index is 3.20. The topological polar surface area (TPSA) is 12.0 Å². The standard InChI is InChI=1S/C11H13N/c1-2-4-10(5-3-1)11-6-8-12-9-7-11/h1-6,8,11-12H,7,9H2/t11-/m0/s1. The van der Waals surface area contributed by atoms with Gasteiger partial charge in [0, 0.05) is 12.5 Å². The van der Waals surface area contributed by atoms with Crippen LogP contribution < -0.4 is 5.32 Å². The molecule has 1 aliphatic rings. The maximum absolute atomic E-state index is 3.20. The van der Waals surface area contributed by atoms with E-state index < -0.39 is 0 Å². The monoisotopic (exact) mass is 159 g/mol. The summed E-state index contributed by atoms with van der Waals surface area (Å²) in [5, 5.41) is 3.20. The van der Waals surface area contributed by atoms with Crippen molar-refractivity contribution in [1.82, 2.24) is 5.32 Å². The Morgan fingerprint density at radius 1 is 1.17 bits per heavy atom. The summed E-state index contributed by atoms with van der Waals surface area (Å²) in [6.07, 6.45) is 5.50. The van der Waals surface area contributed by atoms with Gasteiger partial charge in [-0.25, -0.2) is 0 Å². The molecule has 1 aromatic carbocycles. The van der Waals surface area contributed by atoms with Crippen molar-refractivity contribution < 1.29 is 0 Å². The lowest BCUT2D eigenvalue weighted by molar-refractivity contribution is 0.657. The lowest BCUT2D eigenvalue weighted by atomic mass is 9.94. The van der Waals surface area contributed by atoms with Gasteiger partial charge in [-0.3, -0.25) is 0 Å². The lowest BCUT2D eigenvalue weighted by Gasteiger charge is -2.17. The zero-order chi connectivity index (χ0) is 8.23. The van der Waals surface area contributed by atoms with E-state index in [9.17, 15) is 0 Å². The molecule has 1 aliphatic heterocycles. The highest BCUT2D eigenvalue weighted by Crippen LogP contribution is 2.21. The Morgan fingerprint density at radius 3 is 2.67 bits per heavy atom. The van der Waals surface area contributed by atoms with Crippen LogP contribution in [-0.2, 0) is 0 Å². The Bertz CT molecular complexity index is 264. The largest absolute Gasteiger partial charge is 0.391 e. The van der Waals surface area contributed by atoms with E-state index in [1.165, 1.54) is 12.0 Å². The normalized spacial score (nSPS) is 21.8. The number of hydrogen-bond donors (Lipinski definition) is 1. The van der Waals surface area contributed by atoms with Crippen LogP contribution in [0.15, 0.2) is 42.6 Å². The van der Waals surface area contributed by atoms with E-state index in [1.54, 1.807) is 0 Å². The molecular formula is C11H13N. The van der Waals surface area contributed by atoms with E-state index in [0.717, 1.165) is 6.54 Å². The Balaban J connectivity index is 2.19. The van der Waals surface area contributed by atoms with Gasteiger partial charge in [0.05, 0.1) is 0 Å². The van der Waals surface area contributed by atoms with Crippen LogP contribution in [0.1, 0.15) is 17.9 Å². The van der Waals surface area contributed by atoms with E-state index >= 15 is 0 Å². The van der Waals surface area contributed by atoms with Gasteiger partial charge in [0.1, 0.15) is 0 Å². The molecule has 0 spiro atoms. The third kappa shape index (κ3) is 1.50. The summed E-state index contributed by atoms with van der Waals surface area (Å²) in [5.41, 5.74) is 1.43. The predicted octanol–water partition coefficient (Wildman–Crippen LogP) is 2.28. The molecule has 1 heterocycles. The molecule has 0 aromatic heterocycles. The van der Waals surface area contributed by atoms with Gasteiger partial charge in [-0.1, -0.05) is 36.4 Å². The molecule has 1 heteroatoms. The van der Waals surface area contributed by atoms with Gasteiger partial charge >= 0.3 is 0 Å². The van der Waals surface area contributed by atoms with Gasteiger partial charge < -0.3 is 5.32 Å². The van der Waals surface area contributed by atoms with Crippen molar-refractivity contribution in [1.29, 1.82) is 0 Å². The van der Waals surface area contributed by atoms with Gasteiger partial charge in [0.25, 0.3) is 0 Å². The minimum absolute atomic E-state index is 0.618. The second-order valence-electron chi connectivity index (χ2n) is 3.12. The van der Waals surface area contributed by atoms with E-state index in [1.807, 2.05) is 0 Å². The third-order valence-corrected chi connectivity index (χ3v) is 2.27. The molecule has 12 heavy (non-hydrogen) atoms. The summed E-state index contributed by atoms with van der Waals surface area (Å²) in [7, 11) is 0. The average molecular weight is 159 g/mol. The second-order valence-corrected chi connectivity index (χ2v) is 3.12. The minimum Gasteiger partial charge on any atom is -0.391 e. The SMILES string of the molecule is C1=C[C@H](c2ccccc2)CCN1. The van der Waals surface area contributed by atoms with Crippen LogP contribution >= 0.6 is 0 Å². The predicted molar refractivity (Wildman–Crippen MR) is 50.9 cm³/mol. The molecule has 0 saturated carbocycles. The fourth-order valence-electron chi connectivity index (χ4n) is 1.58. The molecule has 0 unspecified atom stereocenters. The number of benzene rings is 1. The van der Waals surface area contributed by atoms with E-state index in [0.29, 0.717) is 5.92 Å². The summed E-state index contributed by atoms with van der Waals surface area (Å²) in [6, 6.07) is 10.7. The van der Waals surface area contributed by atoms with Crippen molar-refractivity contribution in [2.24, 2.45) is 0 Å². The van der Waals surface area contributed by atoms with E-state index in [4.69, 9.17) is 0 Å². The number of hydrogen-bond acceptors (Lipinski definition) is 1. The molecule has 1 nitrogen and oxygen atoms in total. The molecule has 1 N–H and O–H groups in total. The highest BCUT2D eigenvalue weighted by Gasteiger charge is 2.08. The highest BCUT2D eigenvalue weighted by molar-refractivity contribution is 5.24. The van der Waals surface area contributed by atoms with E-state index in [2.05, 4.69) is 47.9 Å².